The number of amides is 2. The molecule has 1 aromatic rings. The van der Waals surface area contributed by atoms with Gasteiger partial charge >= 0.3 is 12.0 Å². The maximum Gasteiger partial charge on any atom is 0.319 e. The van der Waals surface area contributed by atoms with E-state index in [1.807, 2.05) is 0 Å². The Labute approximate surface area is 153 Å². The zero-order chi connectivity index (χ0) is 18.2. The van der Waals surface area contributed by atoms with E-state index in [1.165, 1.54) is 0 Å². The van der Waals surface area contributed by atoms with Gasteiger partial charge in [0, 0.05) is 16.8 Å². The Morgan fingerprint density at radius 1 is 1.24 bits per heavy atom. The lowest BCUT2D eigenvalue weighted by molar-refractivity contribution is -0.166. The van der Waals surface area contributed by atoms with Gasteiger partial charge in [0.2, 0.25) is 0 Å². The molecule has 4 rings (SSSR count). The van der Waals surface area contributed by atoms with E-state index in [0.717, 1.165) is 12.8 Å². The van der Waals surface area contributed by atoms with Crippen LogP contribution in [-0.2, 0) is 9.53 Å². The number of carbonyl (C=O) groups is 2. The standard InChI is InChI=1S/C19H25ClN2O3/c1-4-25-17(23)14-9-11-10-15(19(11,2)3)16(14)22-18(24)21-13-7-5-12(20)6-8-13/h5-8,11,14-16H,4,9-10H2,1-3H3,(H2,21,22,24)/t11-,14-,15+,16-/m0/s1. The van der Waals surface area contributed by atoms with E-state index in [4.69, 9.17) is 16.3 Å². The van der Waals surface area contributed by atoms with Crippen LogP contribution in [0.1, 0.15) is 33.6 Å². The first kappa shape index (κ1) is 18.1. The Hall–Kier alpha value is -1.75. The highest BCUT2D eigenvalue weighted by Crippen LogP contribution is 2.60. The minimum absolute atomic E-state index is 0.140. The van der Waals surface area contributed by atoms with Crippen molar-refractivity contribution in [3.05, 3.63) is 29.3 Å². The number of anilines is 1. The van der Waals surface area contributed by atoms with E-state index in [2.05, 4.69) is 24.5 Å². The number of hydrogen-bond acceptors (Lipinski definition) is 3. The molecule has 0 aliphatic heterocycles. The quantitative estimate of drug-likeness (QED) is 0.791. The van der Waals surface area contributed by atoms with Crippen LogP contribution in [0.3, 0.4) is 0 Å². The highest BCUT2D eigenvalue weighted by Gasteiger charge is 2.59. The summed E-state index contributed by atoms with van der Waals surface area (Å²) in [6.07, 6.45) is 1.82. The first-order valence-corrected chi connectivity index (χ1v) is 9.20. The molecule has 0 aromatic heterocycles. The smallest absolute Gasteiger partial charge is 0.319 e. The molecule has 1 aromatic carbocycles. The van der Waals surface area contributed by atoms with E-state index in [-0.39, 0.29) is 35.3 Å². The summed E-state index contributed by atoms with van der Waals surface area (Å²) >= 11 is 5.86. The third-order valence-electron chi connectivity index (χ3n) is 5.94. The monoisotopic (exact) mass is 364 g/mol. The van der Waals surface area contributed by atoms with Gasteiger partial charge < -0.3 is 15.4 Å². The lowest BCUT2D eigenvalue weighted by atomic mass is 9.45. The van der Waals surface area contributed by atoms with Crippen molar-refractivity contribution in [2.75, 3.05) is 11.9 Å². The number of rotatable bonds is 4. The molecule has 0 saturated heterocycles. The fourth-order valence-electron chi connectivity index (χ4n) is 4.34. The molecular weight excluding hydrogens is 340 g/mol. The number of fused-ring (bicyclic) bond motifs is 2. The second-order valence-electron chi connectivity index (χ2n) is 7.59. The fourth-order valence-corrected chi connectivity index (χ4v) is 4.47. The second-order valence-corrected chi connectivity index (χ2v) is 8.02. The van der Waals surface area contributed by atoms with Gasteiger partial charge in [0.05, 0.1) is 12.5 Å². The topological polar surface area (TPSA) is 67.4 Å². The average molecular weight is 365 g/mol. The van der Waals surface area contributed by atoms with Crippen molar-refractivity contribution in [3.8, 4) is 0 Å². The number of urea groups is 1. The van der Waals surface area contributed by atoms with Gasteiger partial charge in [-0.2, -0.15) is 0 Å². The molecule has 2 N–H and O–H groups in total. The van der Waals surface area contributed by atoms with Crippen molar-refractivity contribution in [1.29, 1.82) is 0 Å². The van der Waals surface area contributed by atoms with Crippen molar-refractivity contribution in [1.82, 2.24) is 5.32 Å². The van der Waals surface area contributed by atoms with Gasteiger partial charge in [0.1, 0.15) is 0 Å². The highest BCUT2D eigenvalue weighted by atomic mass is 35.5. The van der Waals surface area contributed by atoms with Gasteiger partial charge in [-0.25, -0.2) is 4.79 Å². The first-order valence-electron chi connectivity index (χ1n) is 8.82. The van der Waals surface area contributed by atoms with Crippen LogP contribution >= 0.6 is 11.6 Å². The van der Waals surface area contributed by atoms with Crippen molar-refractivity contribution >= 4 is 29.3 Å². The van der Waals surface area contributed by atoms with Crippen LogP contribution in [-0.4, -0.2) is 24.6 Å². The SMILES string of the molecule is CCOC(=O)[C@H]1C[C@H]2C[C@H]([C@H]1NC(=O)Nc1ccc(Cl)cc1)C2(C)C. The zero-order valence-electron chi connectivity index (χ0n) is 14.8. The Balaban J connectivity index is 1.70. The number of esters is 1. The van der Waals surface area contributed by atoms with Crippen LogP contribution in [0.2, 0.25) is 5.02 Å². The minimum atomic E-state index is -0.303. The van der Waals surface area contributed by atoms with Gasteiger partial charge in [-0.05, 0) is 61.3 Å². The molecule has 0 heterocycles. The molecule has 4 atom stereocenters. The summed E-state index contributed by atoms with van der Waals surface area (Å²) in [6.45, 7) is 6.61. The van der Waals surface area contributed by atoms with Crippen molar-refractivity contribution in [3.63, 3.8) is 0 Å². The summed E-state index contributed by atoms with van der Waals surface area (Å²) in [7, 11) is 0. The molecule has 3 fully saturated rings. The lowest BCUT2D eigenvalue weighted by Crippen LogP contribution is -2.65. The molecule has 0 radical (unpaired) electrons. The minimum Gasteiger partial charge on any atom is -0.466 e. The Bertz CT molecular complexity index is 659. The third kappa shape index (κ3) is 3.47. The first-order chi connectivity index (χ1) is 11.8. The molecule has 3 aliphatic rings. The average Bonchev–Trinajstić information content (AvgIpc) is 2.56. The third-order valence-corrected chi connectivity index (χ3v) is 6.19. The Kier molecular flexibility index (Phi) is 4.96. The summed E-state index contributed by atoms with van der Waals surface area (Å²) in [5.41, 5.74) is 0.803. The van der Waals surface area contributed by atoms with Gasteiger partial charge in [0.15, 0.2) is 0 Å². The van der Waals surface area contributed by atoms with Gasteiger partial charge in [-0.15, -0.1) is 0 Å². The molecule has 6 heteroatoms. The normalized spacial score (nSPS) is 29.3. The number of benzene rings is 1. The summed E-state index contributed by atoms with van der Waals surface area (Å²) < 4.78 is 5.24. The van der Waals surface area contributed by atoms with E-state index >= 15 is 0 Å². The van der Waals surface area contributed by atoms with E-state index in [9.17, 15) is 9.59 Å². The fraction of sp³-hybridized carbons (Fsp3) is 0.579. The number of carbonyl (C=O) groups excluding carboxylic acids is 2. The molecule has 25 heavy (non-hydrogen) atoms. The maximum absolute atomic E-state index is 12.5. The molecule has 3 aliphatic carbocycles. The Morgan fingerprint density at radius 2 is 1.92 bits per heavy atom. The largest absolute Gasteiger partial charge is 0.466 e. The van der Waals surface area contributed by atoms with E-state index in [0.29, 0.717) is 23.2 Å². The van der Waals surface area contributed by atoms with Crippen molar-refractivity contribution in [2.24, 2.45) is 23.2 Å². The van der Waals surface area contributed by atoms with E-state index < -0.39 is 0 Å². The lowest BCUT2D eigenvalue weighted by Gasteiger charge is -2.61. The van der Waals surface area contributed by atoms with Crippen LogP contribution in [0.4, 0.5) is 10.5 Å². The summed E-state index contributed by atoms with van der Waals surface area (Å²) in [4.78, 5) is 24.8. The Morgan fingerprint density at radius 3 is 2.52 bits per heavy atom. The number of hydrogen-bond donors (Lipinski definition) is 2. The predicted molar refractivity (Wildman–Crippen MR) is 97.5 cm³/mol. The zero-order valence-corrected chi connectivity index (χ0v) is 15.6. The molecule has 136 valence electrons. The summed E-state index contributed by atoms with van der Waals surface area (Å²) in [6, 6.07) is 6.43. The van der Waals surface area contributed by atoms with Crippen molar-refractivity contribution < 1.29 is 14.3 Å². The second kappa shape index (κ2) is 6.87. The number of halogens is 1. The number of nitrogens with one attached hydrogen (secondary N) is 2. The molecular formula is C19H25ClN2O3. The van der Waals surface area contributed by atoms with Crippen LogP contribution < -0.4 is 10.6 Å². The molecule has 2 bridgehead atoms. The number of ether oxygens (including phenoxy) is 1. The van der Waals surface area contributed by atoms with Crippen LogP contribution in [0.15, 0.2) is 24.3 Å². The molecule has 5 nitrogen and oxygen atoms in total. The van der Waals surface area contributed by atoms with Crippen LogP contribution in [0, 0.1) is 23.2 Å². The van der Waals surface area contributed by atoms with E-state index in [1.54, 1.807) is 31.2 Å². The predicted octanol–water partition coefficient (Wildman–Crippen LogP) is 4.08. The van der Waals surface area contributed by atoms with Crippen LogP contribution in [0.5, 0.6) is 0 Å². The summed E-state index contributed by atoms with van der Waals surface area (Å²) in [5, 5.41) is 6.46. The maximum atomic E-state index is 12.5. The van der Waals surface area contributed by atoms with Crippen LogP contribution in [0.25, 0.3) is 0 Å². The summed E-state index contributed by atoms with van der Waals surface area (Å²) in [5.74, 6) is 0.332. The molecule has 0 spiro atoms. The molecule has 3 saturated carbocycles. The highest BCUT2D eigenvalue weighted by molar-refractivity contribution is 6.30. The molecule has 2 amide bonds. The van der Waals surface area contributed by atoms with Gasteiger partial charge in [-0.1, -0.05) is 25.4 Å². The van der Waals surface area contributed by atoms with Gasteiger partial charge in [0.25, 0.3) is 0 Å². The van der Waals surface area contributed by atoms with Crippen molar-refractivity contribution in [2.45, 2.75) is 39.7 Å². The van der Waals surface area contributed by atoms with Gasteiger partial charge in [-0.3, -0.25) is 4.79 Å². The molecule has 0 unspecified atom stereocenters.